The fraction of sp³-hybridized carbons (Fsp3) is 0.500. The molecule has 1 saturated heterocycles. The summed E-state index contributed by atoms with van der Waals surface area (Å²) in [5.41, 5.74) is 7.06. The number of carbonyl (C=O) groups excluding carboxylic acids is 2. The molecule has 1 atom stereocenters. The Kier molecular flexibility index (Phi) is 12.7. The van der Waals surface area contributed by atoms with Crippen molar-refractivity contribution in [2.75, 3.05) is 30.7 Å². The molecule has 9 nitrogen and oxygen atoms in total. The van der Waals surface area contributed by atoms with Crippen molar-refractivity contribution in [1.82, 2.24) is 25.0 Å². The Morgan fingerprint density at radius 1 is 1.41 bits per heavy atom. The highest BCUT2D eigenvalue weighted by Crippen LogP contribution is 2.25. The van der Waals surface area contributed by atoms with Gasteiger partial charge in [-0.3, -0.25) is 14.3 Å². The quantitative estimate of drug-likeness (QED) is 0.520. The lowest BCUT2D eigenvalue weighted by molar-refractivity contribution is -0.119. The van der Waals surface area contributed by atoms with E-state index >= 15 is 0 Å². The molecule has 0 aliphatic carbocycles. The van der Waals surface area contributed by atoms with Gasteiger partial charge in [0.15, 0.2) is 0 Å². The van der Waals surface area contributed by atoms with Gasteiger partial charge in [-0.25, -0.2) is 4.98 Å². The van der Waals surface area contributed by atoms with Crippen LogP contribution in [0.5, 0.6) is 0 Å². The number of anilines is 2. The average Bonchev–Trinajstić information content (AvgIpc) is 3.09. The van der Waals surface area contributed by atoms with Crippen LogP contribution in [-0.4, -0.2) is 57.7 Å². The van der Waals surface area contributed by atoms with Crippen LogP contribution in [0.2, 0.25) is 0 Å². The van der Waals surface area contributed by atoms with Crippen LogP contribution in [0.15, 0.2) is 25.0 Å². The van der Waals surface area contributed by atoms with E-state index in [4.69, 9.17) is 5.73 Å². The van der Waals surface area contributed by atoms with E-state index in [1.165, 1.54) is 13.1 Å². The van der Waals surface area contributed by atoms with E-state index < -0.39 is 0 Å². The number of carbonyl (C=O) groups is 2. The summed E-state index contributed by atoms with van der Waals surface area (Å²) in [6, 6.07) is 0.462. The zero-order valence-corrected chi connectivity index (χ0v) is 18.4. The first-order valence-corrected chi connectivity index (χ1v) is 9.67. The van der Waals surface area contributed by atoms with E-state index in [-0.39, 0.29) is 5.91 Å². The molecule has 2 amide bonds. The van der Waals surface area contributed by atoms with Crippen molar-refractivity contribution in [3.05, 3.63) is 25.0 Å². The lowest BCUT2D eigenvalue weighted by Gasteiger charge is -2.28. The van der Waals surface area contributed by atoms with E-state index in [0.29, 0.717) is 17.5 Å². The topological polar surface area (TPSA) is 118 Å². The average molecular weight is 406 g/mol. The first-order chi connectivity index (χ1) is 13.8. The molecule has 162 valence electrons. The molecule has 1 fully saturated rings. The number of fused-ring (bicyclic) bond motifs is 1. The molecule has 4 N–H and O–H groups in total. The summed E-state index contributed by atoms with van der Waals surface area (Å²) in [7, 11) is 1.78. The van der Waals surface area contributed by atoms with Crippen LogP contribution in [0.1, 0.15) is 34.6 Å². The Morgan fingerprint density at radius 3 is 2.52 bits per heavy atom. The predicted molar refractivity (Wildman–Crippen MR) is 120 cm³/mol. The van der Waals surface area contributed by atoms with Crippen molar-refractivity contribution in [2.45, 2.75) is 40.7 Å². The maximum Gasteiger partial charge on any atom is 0.221 e. The van der Waals surface area contributed by atoms with Crippen LogP contribution in [0.3, 0.4) is 0 Å². The molecule has 9 heteroatoms. The minimum absolute atomic E-state index is 0.147. The van der Waals surface area contributed by atoms with Gasteiger partial charge in [0.2, 0.25) is 12.3 Å². The Bertz CT molecular complexity index is 774. The van der Waals surface area contributed by atoms with E-state index in [1.807, 2.05) is 20.8 Å². The number of rotatable bonds is 2. The molecule has 1 unspecified atom stereocenters. The van der Waals surface area contributed by atoms with Crippen LogP contribution in [0.4, 0.5) is 11.5 Å². The molecular formula is C20H35N7O2. The number of nitrogens with two attached hydrogens (primary N) is 1. The molecule has 0 saturated carbocycles. The zero-order chi connectivity index (χ0) is 22.4. The maximum absolute atomic E-state index is 11.0. The lowest BCUT2D eigenvalue weighted by Crippen LogP contribution is -2.48. The fourth-order valence-electron chi connectivity index (χ4n) is 2.55. The lowest BCUT2D eigenvalue weighted by atomic mass is 10.2. The van der Waals surface area contributed by atoms with Gasteiger partial charge in [-0.15, -0.1) is 6.58 Å². The highest BCUT2D eigenvalue weighted by molar-refractivity contribution is 6.02. The molecule has 0 radical (unpaired) electrons. The Morgan fingerprint density at radius 2 is 2.03 bits per heavy atom. The number of hydrogen-bond acceptors (Lipinski definition) is 6. The van der Waals surface area contributed by atoms with Gasteiger partial charge in [0.1, 0.15) is 11.3 Å². The second kappa shape index (κ2) is 14.1. The van der Waals surface area contributed by atoms with Crippen LogP contribution in [0, 0.1) is 0 Å². The summed E-state index contributed by atoms with van der Waals surface area (Å²) < 4.78 is 1.63. The number of nitrogens with one attached hydrogen (secondary N) is 2. The largest absolute Gasteiger partial charge is 0.382 e. The van der Waals surface area contributed by atoms with Gasteiger partial charge < -0.3 is 21.3 Å². The molecule has 2 aromatic heterocycles. The van der Waals surface area contributed by atoms with E-state index in [2.05, 4.69) is 34.2 Å². The summed E-state index contributed by atoms with van der Waals surface area (Å²) in [5, 5.41) is 10.8. The normalized spacial score (nSPS) is 14.8. The minimum atomic E-state index is -0.147. The molecule has 0 aromatic carbocycles. The molecule has 1 aliphatic rings. The first-order valence-electron chi connectivity index (χ1n) is 9.67. The van der Waals surface area contributed by atoms with Crippen molar-refractivity contribution in [2.24, 2.45) is 7.05 Å². The molecule has 2 aromatic rings. The van der Waals surface area contributed by atoms with Crippen molar-refractivity contribution in [3.8, 4) is 0 Å². The van der Waals surface area contributed by atoms with E-state index in [9.17, 15) is 9.59 Å². The zero-order valence-electron chi connectivity index (χ0n) is 18.4. The van der Waals surface area contributed by atoms with Crippen molar-refractivity contribution in [1.29, 1.82) is 0 Å². The molecule has 1 aliphatic heterocycles. The number of allylic oxidation sites excluding steroid dienone is 1. The predicted octanol–water partition coefficient (Wildman–Crippen LogP) is 2.16. The second-order valence-corrected chi connectivity index (χ2v) is 6.13. The van der Waals surface area contributed by atoms with Gasteiger partial charge in [-0.05, 0) is 13.8 Å². The van der Waals surface area contributed by atoms with E-state index in [0.717, 1.165) is 36.9 Å². The number of amides is 2. The van der Waals surface area contributed by atoms with Crippen molar-refractivity contribution < 1.29 is 9.59 Å². The second-order valence-electron chi connectivity index (χ2n) is 6.13. The number of aryl methyl sites for hydroxylation is 1. The van der Waals surface area contributed by atoms with Crippen LogP contribution in [0.25, 0.3) is 10.9 Å². The summed E-state index contributed by atoms with van der Waals surface area (Å²) >= 11 is 0. The van der Waals surface area contributed by atoms with Gasteiger partial charge in [0.05, 0.1) is 18.1 Å². The monoisotopic (exact) mass is 405 g/mol. The maximum atomic E-state index is 11.0. The smallest absolute Gasteiger partial charge is 0.221 e. The van der Waals surface area contributed by atoms with Gasteiger partial charge >= 0.3 is 0 Å². The highest BCUT2D eigenvalue weighted by Gasteiger charge is 2.12. The third-order valence-electron chi connectivity index (χ3n) is 3.66. The van der Waals surface area contributed by atoms with Crippen molar-refractivity contribution >= 4 is 34.7 Å². The highest BCUT2D eigenvalue weighted by atomic mass is 16.1. The minimum Gasteiger partial charge on any atom is -0.382 e. The Hall–Kier alpha value is -2.94. The summed E-state index contributed by atoms with van der Waals surface area (Å²) in [6.07, 6.45) is 5.84. The molecule has 29 heavy (non-hydrogen) atoms. The molecule has 3 rings (SSSR count). The number of pyridine rings is 1. The van der Waals surface area contributed by atoms with Gasteiger partial charge in [-0.2, -0.15) is 5.10 Å². The third-order valence-corrected chi connectivity index (χ3v) is 3.66. The number of hydrogen-bond donors (Lipinski definition) is 3. The Labute approximate surface area is 173 Å². The van der Waals surface area contributed by atoms with Gasteiger partial charge in [0, 0.05) is 45.0 Å². The molecule has 0 spiro atoms. The Balaban J connectivity index is 0.000000478. The number of nitrogen functional groups attached to an aromatic ring is 1. The fourth-order valence-corrected chi connectivity index (χ4v) is 2.55. The summed E-state index contributed by atoms with van der Waals surface area (Å²) in [6.45, 7) is 15.4. The van der Waals surface area contributed by atoms with Gasteiger partial charge in [-0.1, -0.05) is 19.9 Å². The number of nitrogens with zero attached hydrogens (tertiary/aromatic N) is 4. The number of aromatic nitrogens is 3. The summed E-state index contributed by atoms with van der Waals surface area (Å²) in [5.74, 6) is 0.255. The molecular weight excluding hydrogens is 370 g/mol. The third kappa shape index (κ3) is 8.73. The van der Waals surface area contributed by atoms with Crippen LogP contribution >= 0.6 is 0 Å². The van der Waals surface area contributed by atoms with Crippen molar-refractivity contribution in [3.63, 3.8) is 0 Å². The van der Waals surface area contributed by atoms with Gasteiger partial charge in [0.25, 0.3) is 0 Å². The number of piperazine rings is 1. The van der Waals surface area contributed by atoms with Crippen LogP contribution in [-0.2, 0) is 16.6 Å². The SMILES string of the molecule is C=CC.CC.CC(=O)Nc1cnc(N)c2c1cnn2C.CC1CN(C=O)CCN1. The first kappa shape index (κ1) is 26.1. The van der Waals surface area contributed by atoms with E-state index in [1.54, 1.807) is 28.9 Å². The molecule has 0 bridgehead atoms. The summed E-state index contributed by atoms with van der Waals surface area (Å²) in [4.78, 5) is 26.9. The molecule has 3 heterocycles. The standard InChI is InChI=1S/C9H11N5O.C6H12N2O.C3H6.C2H6/c1-5(15)13-7-4-11-9(10)8-6(7)3-12-14(8)2;1-6-4-8(5-9)3-2-7-6;1-3-2;1-2/h3-4H,1-2H3,(H2,10,11)(H,13,15);5-7H,2-4H2,1H3;3H,1H2,2H3;1-2H3. The van der Waals surface area contributed by atoms with Crippen LogP contribution < -0.4 is 16.4 Å².